The molecular weight excluding hydrogens is 242 g/mol. The summed E-state index contributed by atoms with van der Waals surface area (Å²) < 4.78 is 1.61. The Bertz CT molecular complexity index is 653. The molecule has 98 valence electrons. The van der Waals surface area contributed by atoms with E-state index in [1.807, 2.05) is 6.92 Å². The van der Waals surface area contributed by atoms with Gasteiger partial charge in [-0.1, -0.05) is 13.0 Å². The molecule has 0 bridgehead atoms. The minimum absolute atomic E-state index is 0.108. The molecule has 0 fully saturated rings. The third kappa shape index (κ3) is 2.50. The number of para-hydroxylation sites is 1. The van der Waals surface area contributed by atoms with Gasteiger partial charge in [-0.05, 0) is 18.6 Å². The molecule has 0 unspecified atom stereocenters. The van der Waals surface area contributed by atoms with E-state index in [9.17, 15) is 4.79 Å². The molecule has 0 aliphatic carbocycles. The van der Waals surface area contributed by atoms with Crippen LogP contribution in [0.3, 0.4) is 0 Å². The number of imidazole rings is 1. The van der Waals surface area contributed by atoms with Gasteiger partial charge < -0.3 is 15.6 Å². The molecule has 2 rings (SSSR count). The summed E-state index contributed by atoms with van der Waals surface area (Å²) in [4.78, 5) is 15.9. The van der Waals surface area contributed by atoms with Crippen molar-refractivity contribution < 1.29 is 4.79 Å². The molecule has 6 nitrogen and oxygen atoms in total. The van der Waals surface area contributed by atoms with E-state index < -0.39 is 0 Å². The second kappa shape index (κ2) is 5.40. The fourth-order valence-electron chi connectivity index (χ4n) is 1.89. The number of carbonyl (C=O) groups is 1. The lowest BCUT2D eigenvalue weighted by molar-refractivity contribution is -0.121. The molecule has 1 amide bonds. The molecule has 0 saturated heterocycles. The van der Waals surface area contributed by atoms with Crippen molar-refractivity contribution in [2.75, 3.05) is 12.3 Å². The fraction of sp³-hybridized carbons (Fsp3) is 0.308. The maximum absolute atomic E-state index is 11.7. The third-order valence-corrected chi connectivity index (χ3v) is 2.80. The maximum atomic E-state index is 11.7. The molecule has 0 atom stereocenters. The van der Waals surface area contributed by atoms with Crippen LogP contribution in [0, 0.1) is 11.3 Å². The molecule has 19 heavy (non-hydrogen) atoms. The van der Waals surface area contributed by atoms with E-state index in [1.54, 1.807) is 22.8 Å². The number of nitrogen functional groups attached to an aromatic ring is 1. The number of nitrogens with zero attached hydrogens (tertiary/aromatic N) is 3. The van der Waals surface area contributed by atoms with Gasteiger partial charge in [0.15, 0.2) is 0 Å². The second-order valence-corrected chi connectivity index (χ2v) is 4.19. The van der Waals surface area contributed by atoms with Gasteiger partial charge in [-0.25, -0.2) is 4.98 Å². The first-order valence-electron chi connectivity index (χ1n) is 6.09. The Morgan fingerprint density at radius 1 is 1.58 bits per heavy atom. The highest BCUT2D eigenvalue weighted by atomic mass is 16.1. The smallest absolute Gasteiger partial charge is 0.240 e. The zero-order valence-electron chi connectivity index (χ0n) is 10.7. The number of rotatable bonds is 4. The van der Waals surface area contributed by atoms with Crippen LogP contribution in [0.4, 0.5) is 5.95 Å². The summed E-state index contributed by atoms with van der Waals surface area (Å²) in [5, 5.41) is 11.8. The van der Waals surface area contributed by atoms with Gasteiger partial charge >= 0.3 is 0 Å². The lowest BCUT2D eigenvalue weighted by Gasteiger charge is -2.07. The number of hydrogen-bond acceptors (Lipinski definition) is 4. The number of nitrogens with one attached hydrogen (secondary N) is 1. The Morgan fingerprint density at radius 2 is 2.37 bits per heavy atom. The molecular formula is C13H15N5O. The maximum Gasteiger partial charge on any atom is 0.240 e. The van der Waals surface area contributed by atoms with Crippen LogP contribution in [-0.2, 0) is 11.3 Å². The second-order valence-electron chi connectivity index (χ2n) is 4.19. The highest BCUT2D eigenvalue weighted by Crippen LogP contribution is 2.20. The van der Waals surface area contributed by atoms with E-state index in [-0.39, 0.29) is 18.4 Å². The minimum Gasteiger partial charge on any atom is -0.369 e. The molecule has 2 aromatic rings. The number of benzene rings is 1. The van der Waals surface area contributed by atoms with Gasteiger partial charge in [-0.2, -0.15) is 5.26 Å². The standard InChI is InChI=1S/C13H15N5O/c1-2-6-16-11(19)8-18-10-5-3-4-9(7-14)12(10)17-13(18)15/h3-5H,2,6,8H2,1H3,(H2,15,17)(H,16,19). The summed E-state index contributed by atoms with van der Waals surface area (Å²) in [6.45, 7) is 2.73. The lowest BCUT2D eigenvalue weighted by atomic mass is 10.2. The molecule has 1 heterocycles. The van der Waals surface area contributed by atoms with Crippen LogP contribution < -0.4 is 11.1 Å². The SMILES string of the molecule is CCCNC(=O)Cn1c(N)nc2c(C#N)cccc21. The highest BCUT2D eigenvalue weighted by Gasteiger charge is 2.13. The highest BCUT2D eigenvalue weighted by molar-refractivity contribution is 5.86. The van der Waals surface area contributed by atoms with Crippen LogP contribution in [0.2, 0.25) is 0 Å². The van der Waals surface area contributed by atoms with Crippen LogP contribution in [-0.4, -0.2) is 22.0 Å². The molecule has 3 N–H and O–H groups in total. The van der Waals surface area contributed by atoms with Gasteiger partial charge in [-0.15, -0.1) is 0 Å². The van der Waals surface area contributed by atoms with Gasteiger partial charge in [0.2, 0.25) is 11.9 Å². The van der Waals surface area contributed by atoms with Gasteiger partial charge in [-0.3, -0.25) is 4.79 Å². The number of nitriles is 1. The molecule has 1 aromatic heterocycles. The number of nitrogens with two attached hydrogens (primary N) is 1. The summed E-state index contributed by atoms with van der Waals surface area (Å²) in [7, 11) is 0. The van der Waals surface area contributed by atoms with Crippen LogP contribution in [0.25, 0.3) is 11.0 Å². The van der Waals surface area contributed by atoms with Gasteiger partial charge in [0.05, 0.1) is 11.1 Å². The van der Waals surface area contributed by atoms with Gasteiger partial charge in [0, 0.05) is 6.54 Å². The van der Waals surface area contributed by atoms with Crippen molar-refractivity contribution in [1.82, 2.24) is 14.9 Å². The molecule has 6 heteroatoms. The lowest BCUT2D eigenvalue weighted by Crippen LogP contribution is -2.28. The summed E-state index contributed by atoms with van der Waals surface area (Å²) in [6.07, 6.45) is 0.879. The summed E-state index contributed by atoms with van der Waals surface area (Å²) >= 11 is 0. The zero-order chi connectivity index (χ0) is 13.8. The van der Waals surface area contributed by atoms with Crippen molar-refractivity contribution in [2.45, 2.75) is 19.9 Å². The number of anilines is 1. The van der Waals surface area contributed by atoms with E-state index in [2.05, 4.69) is 16.4 Å². The Morgan fingerprint density at radius 3 is 3.05 bits per heavy atom. The monoisotopic (exact) mass is 257 g/mol. The Kier molecular flexibility index (Phi) is 3.66. The first-order valence-corrected chi connectivity index (χ1v) is 6.09. The fourth-order valence-corrected chi connectivity index (χ4v) is 1.89. The van der Waals surface area contributed by atoms with E-state index in [0.29, 0.717) is 23.1 Å². The molecule has 0 aliphatic rings. The van der Waals surface area contributed by atoms with Crippen molar-refractivity contribution >= 4 is 22.9 Å². The number of carbonyl (C=O) groups excluding carboxylic acids is 1. The predicted octanol–water partition coefficient (Wildman–Crippen LogP) is 1.02. The van der Waals surface area contributed by atoms with Gasteiger partial charge in [0.1, 0.15) is 18.1 Å². The first kappa shape index (κ1) is 12.9. The minimum atomic E-state index is -0.116. The van der Waals surface area contributed by atoms with E-state index in [0.717, 1.165) is 6.42 Å². The molecule has 1 aromatic carbocycles. The summed E-state index contributed by atoms with van der Waals surface area (Å²) in [6, 6.07) is 7.29. The number of aromatic nitrogens is 2. The Labute approximate surface area is 110 Å². The van der Waals surface area contributed by atoms with Crippen LogP contribution in [0.15, 0.2) is 18.2 Å². The number of fused-ring (bicyclic) bond motifs is 1. The Hall–Kier alpha value is -2.55. The summed E-state index contributed by atoms with van der Waals surface area (Å²) in [5.74, 6) is 0.125. The largest absolute Gasteiger partial charge is 0.369 e. The normalized spacial score (nSPS) is 10.3. The van der Waals surface area contributed by atoms with Crippen molar-refractivity contribution in [1.29, 1.82) is 5.26 Å². The van der Waals surface area contributed by atoms with Crippen molar-refractivity contribution in [3.05, 3.63) is 23.8 Å². The number of hydrogen-bond donors (Lipinski definition) is 2. The average Bonchev–Trinajstić information content (AvgIpc) is 2.73. The van der Waals surface area contributed by atoms with Gasteiger partial charge in [0.25, 0.3) is 0 Å². The molecule has 0 saturated carbocycles. The molecule has 0 radical (unpaired) electrons. The third-order valence-electron chi connectivity index (χ3n) is 2.80. The van der Waals surface area contributed by atoms with Crippen LogP contribution in [0.1, 0.15) is 18.9 Å². The quantitative estimate of drug-likeness (QED) is 0.854. The van der Waals surface area contributed by atoms with Crippen molar-refractivity contribution in [3.8, 4) is 6.07 Å². The van der Waals surface area contributed by atoms with Crippen molar-refractivity contribution in [3.63, 3.8) is 0 Å². The van der Waals surface area contributed by atoms with E-state index in [1.165, 1.54) is 0 Å². The topological polar surface area (TPSA) is 96.7 Å². The van der Waals surface area contributed by atoms with E-state index >= 15 is 0 Å². The molecule has 0 spiro atoms. The molecule has 0 aliphatic heterocycles. The van der Waals surface area contributed by atoms with Crippen LogP contribution >= 0.6 is 0 Å². The first-order chi connectivity index (χ1) is 9.17. The van der Waals surface area contributed by atoms with Crippen LogP contribution in [0.5, 0.6) is 0 Å². The number of amides is 1. The van der Waals surface area contributed by atoms with E-state index in [4.69, 9.17) is 11.0 Å². The Balaban J connectivity index is 2.36. The predicted molar refractivity (Wildman–Crippen MR) is 72.2 cm³/mol. The zero-order valence-corrected chi connectivity index (χ0v) is 10.7. The average molecular weight is 257 g/mol. The van der Waals surface area contributed by atoms with Crippen molar-refractivity contribution in [2.24, 2.45) is 0 Å². The summed E-state index contributed by atoms with van der Waals surface area (Å²) in [5.41, 5.74) is 7.50.